The molecule has 0 saturated heterocycles. The van der Waals surface area contributed by atoms with Crippen LogP contribution in [0.15, 0.2) is 18.2 Å². The minimum absolute atomic E-state index is 0.111. The van der Waals surface area contributed by atoms with E-state index in [9.17, 15) is 8.42 Å². The molecule has 1 N–H and O–H groups in total. The van der Waals surface area contributed by atoms with Crippen LogP contribution in [0.25, 0.3) is 0 Å². The highest BCUT2D eigenvalue weighted by Crippen LogP contribution is 2.28. The molecule has 0 amide bonds. The molecule has 0 bridgehead atoms. The summed E-state index contributed by atoms with van der Waals surface area (Å²) in [5, 5.41) is 3.07. The van der Waals surface area contributed by atoms with Crippen LogP contribution in [0, 0.1) is 13.8 Å². The fourth-order valence-corrected chi connectivity index (χ4v) is 5.21. The van der Waals surface area contributed by atoms with Gasteiger partial charge in [0.2, 0.25) is 0 Å². The van der Waals surface area contributed by atoms with Crippen LogP contribution in [0.3, 0.4) is 0 Å². The highest BCUT2D eigenvalue weighted by atomic mass is 32.2. The summed E-state index contributed by atoms with van der Waals surface area (Å²) in [7, 11) is -1.17. The van der Waals surface area contributed by atoms with Crippen molar-refractivity contribution in [3.63, 3.8) is 0 Å². The van der Waals surface area contributed by atoms with Gasteiger partial charge in [0.1, 0.15) is 0 Å². The lowest BCUT2D eigenvalue weighted by Crippen LogP contribution is -2.31. The Morgan fingerprint density at radius 1 is 1.25 bits per heavy atom. The van der Waals surface area contributed by atoms with Crippen LogP contribution >= 0.6 is 0 Å². The fraction of sp³-hybridized carbons (Fsp3) is 0.625. The molecule has 1 unspecified atom stereocenters. The number of aryl methyl sites for hydroxylation is 2. The molecular weight excluding hydrogens is 270 g/mol. The number of hydrogen-bond donors (Lipinski definition) is 1. The van der Waals surface area contributed by atoms with Crippen LogP contribution in [0.2, 0.25) is 0 Å². The molecule has 112 valence electrons. The first kappa shape index (κ1) is 15.5. The van der Waals surface area contributed by atoms with E-state index < -0.39 is 9.84 Å². The molecule has 1 aliphatic rings. The first-order valence-electron chi connectivity index (χ1n) is 7.40. The maximum Gasteiger partial charge on any atom is 0.155 e. The number of rotatable bonds is 5. The molecular formula is C16H25NO2S. The van der Waals surface area contributed by atoms with Gasteiger partial charge in [0, 0.05) is 6.04 Å². The van der Waals surface area contributed by atoms with Crippen LogP contribution in [0.5, 0.6) is 0 Å². The monoisotopic (exact) mass is 295 g/mol. The van der Waals surface area contributed by atoms with Crippen molar-refractivity contribution >= 4 is 9.84 Å². The summed E-state index contributed by atoms with van der Waals surface area (Å²) in [6, 6.07) is 6.12. The van der Waals surface area contributed by atoms with Gasteiger partial charge in [0.15, 0.2) is 9.84 Å². The van der Waals surface area contributed by atoms with Crippen molar-refractivity contribution in [1.82, 2.24) is 5.32 Å². The molecule has 1 saturated carbocycles. The molecule has 2 rings (SSSR count). The van der Waals surface area contributed by atoms with Gasteiger partial charge in [0.25, 0.3) is 0 Å². The van der Waals surface area contributed by atoms with E-state index in [0.717, 1.165) is 36.8 Å². The second-order valence-electron chi connectivity index (χ2n) is 5.94. The minimum Gasteiger partial charge on any atom is -0.312 e. The van der Waals surface area contributed by atoms with E-state index in [2.05, 4.69) is 23.5 Å². The van der Waals surface area contributed by atoms with Gasteiger partial charge in [-0.25, -0.2) is 8.42 Å². The number of sulfone groups is 1. The summed E-state index contributed by atoms with van der Waals surface area (Å²) in [4.78, 5) is 0. The van der Waals surface area contributed by atoms with Crippen LogP contribution < -0.4 is 5.32 Å². The highest BCUT2D eigenvalue weighted by molar-refractivity contribution is 7.92. The molecule has 4 heteroatoms. The van der Waals surface area contributed by atoms with Crippen molar-refractivity contribution in [2.75, 3.05) is 12.8 Å². The van der Waals surface area contributed by atoms with E-state index in [1.165, 1.54) is 5.56 Å². The molecule has 0 spiro atoms. The van der Waals surface area contributed by atoms with Gasteiger partial charge in [-0.3, -0.25) is 0 Å². The molecule has 0 heterocycles. The van der Waals surface area contributed by atoms with Crippen molar-refractivity contribution < 1.29 is 8.42 Å². The van der Waals surface area contributed by atoms with Crippen molar-refractivity contribution in [1.29, 1.82) is 0 Å². The average Bonchev–Trinajstić information content (AvgIpc) is 2.94. The van der Waals surface area contributed by atoms with Gasteiger partial charge >= 0.3 is 0 Å². The van der Waals surface area contributed by atoms with Crippen molar-refractivity contribution in [2.45, 2.75) is 50.8 Å². The average molecular weight is 295 g/mol. The normalized spacial score (nSPS) is 18.4. The Bertz CT molecular complexity index is 560. The predicted molar refractivity (Wildman–Crippen MR) is 83.8 cm³/mol. The highest BCUT2D eigenvalue weighted by Gasteiger charge is 2.31. The lowest BCUT2D eigenvalue weighted by atomic mass is 10.0. The third kappa shape index (κ3) is 3.41. The zero-order valence-electron chi connectivity index (χ0n) is 12.6. The summed E-state index contributed by atoms with van der Waals surface area (Å²) < 4.78 is 25.1. The molecule has 1 aromatic rings. The number of hydrogen-bond acceptors (Lipinski definition) is 3. The quantitative estimate of drug-likeness (QED) is 0.908. The second kappa shape index (κ2) is 6.27. The summed E-state index contributed by atoms with van der Waals surface area (Å²) in [5.74, 6) is 0.207. The van der Waals surface area contributed by atoms with Crippen LogP contribution in [-0.2, 0) is 9.84 Å². The largest absolute Gasteiger partial charge is 0.312 e. The summed E-state index contributed by atoms with van der Waals surface area (Å²) in [6.07, 6.45) is 3.78. The zero-order chi connectivity index (χ0) is 14.8. The molecule has 0 aliphatic heterocycles. The standard InChI is InChI=1S/C16H25NO2S/c1-12-8-9-13(2)15(10-12)16(17-3)11-20(18,19)14-6-4-5-7-14/h8-10,14,16-17H,4-7,11H2,1-3H3. The molecule has 0 aromatic heterocycles. The summed E-state index contributed by atoms with van der Waals surface area (Å²) in [6.45, 7) is 4.09. The molecule has 1 fully saturated rings. The first-order chi connectivity index (χ1) is 9.44. The lowest BCUT2D eigenvalue weighted by molar-refractivity contribution is 0.559. The maximum absolute atomic E-state index is 12.5. The Morgan fingerprint density at radius 3 is 2.50 bits per heavy atom. The van der Waals surface area contributed by atoms with Gasteiger partial charge in [-0.2, -0.15) is 0 Å². The Morgan fingerprint density at radius 2 is 1.90 bits per heavy atom. The third-order valence-electron chi connectivity index (χ3n) is 4.37. The molecule has 3 nitrogen and oxygen atoms in total. The van der Waals surface area contributed by atoms with Crippen molar-refractivity contribution in [3.05, 3.63) is 34.9 Å². The Kier molecular flexibility index (Phi) is 4.86. The van der Waals surface area contributed by atoms with Crippen LogP contribution in [-0.4, -0.2) is 26.5 Å². The Labute approximate surface area is 122 Å². The van der Waals surface area contributed by atoms with Crippen LogP contribution in [0.1, 0.15) is 48.4 Å². The van der Waals surface area contributed by atoms with Gasteiger partial charge < -0.3 is 5.32 Å². The van der Waals surface area contributed by atoms with Crippen molar-refractivity contribution in [2.24, 2.45) is 0 Å². The SMILES string of the molecule is CNC(CS(=O)(=O)C1CCCC1)c1cc(C)ccc1C. The van der Waals surface area contributed by atoms with E-state index in [1.807, 2.05) is 20.9 Å². The summed E-state index contributed by atoms with van der Waals surface area (Å²) >= 11 is 0. The third-order valence-corrected chi connectivity index (χ3v) is 6.65. The Hall–Kier alpha value is -0.870. The van der Waals surface area contributed by atoms with Gasteiger partial charge in [-0.1, -0.05) is 36.6 Å². The number of nitrogens with one attached hydrogen (secondary N) is 1. The fourth-order valence-electron chi connectivity index (χ4n) is 3.08. The summed E-state index contributed by atoms with van der Waals surface area (Å²) in [5.41, 5.74) is 3.43. The molecule has 1 aliphatic carbocycles. The van der Waals surface area contributed by atoms with E-state index in [4.69, 9.17) is 0 Å². The lowest BCUT2D eigenvalue weighted by Gasteiger charge is -2.21. The smallest absolute Gasteiger partial charge is 0.155 e. The van der Waals surface area contributed by atoms with Gasteiger partial charge in [-0.05, 0) is 44.9 Å². The van der Waals surface area contributed by atoms with Crippen molar-refractivity contribution in [3.8, 4) is 0 Å². The van der Waals surface area contributed by atoms with E-state index in [0.29, 0.717) is 0 Å². The molecule has 0 radical (unpaired) electrons. The maximum atomic E-state index is 12.5. The zero-order valence-corrected chi connectivity index (χ0v) is 13.5. The van der Waals surface area contributed by atoms with E-state index >= 15 is 0 Å². The molecule has 1 aromatic carbocycles. The van der Waals surface area contributed by atoms with Gasteiger partial charge in [0.05, 0.1) is 11.0 Å². The Balaban J connectivity index is 2.22. The molecule has 1 atom stereocenters. The molecule has 20 heavy (non-hydrogen) atoms. The van der Waals surface area contributed by atoms with Crippen LogP contribution in [0.4, 0.5) is 0 Å². The minimum atomic E-state index is -3.01. The second-order valence-corrected chi connectivity index (χ2v) is 8.26. The first-order valence-corrected chi connectivity index (χ1v) is 9.11. The van der Waals surface area contributed by atoms with E-state index in [1.54, 1.807) is 0 Å². The van der Waals surface area contributed by atoms with E-state index in [-0.39, 0.29) is 17.0 Å². The topological polar surface area (TPSA) is 46.2 Å². The number of benzene rings is 1. The predicted octanol–water partition coefficient (Wildman–Crippen LogP) is 2.92. The van der Waals surface area contributed by atoms with Gasteiger partial charge in [-0.15, -0.1) is 0 Å².